The molecule has 0 N–H and O–H groups in total. The maximum atomic E-state index is 10.6. The summed E-state index contributed by atoms with van der Waals surface area (Å²) in [5.74, 6) is 0. The molecule has 0 aliphatic rings. The third-order valence-electron chi connectivity index (χ3n) is 2.10. The third-order valence-corrected chi connectivity index (χ3v) is 2.10. The molecule has 0 bridgehead atoms. The van der Waals surface area contributed by atoms with Crippen LogP contribution in [-0.4, -0.2) is 9.85 Å². The summed E-state index contributed by atoms with van der Waals surface area (Å²) < 4.78 is 0. The zero-order chi connectivity index (χ0) is 12.3. The number of hydrogen-bond donors (Lipinski definition) is 0. The quantitative estimate of drug-likeness (QED) is 0.572. The summed E-state index contributed by atoms with van der Waals surface area (Å²) >= 11 is 0. The van der Waals surface area contributed by atoms with Gasteiger partial charge in [0.2, 0.25) is 0 Å². The van der Waals surface area contributed by atoms with Gasteiger partial charge in [-0.15, -0.1) is 0 Å². The molecule has 0 unspecified atom stereocenters. The number of nitro groups is 2. The SMILES string of the molecule is CCc1cc([N+](=O)[O-])c([N+](=O)[O-])cc1C#N. The molecule has 0 atom stereocenters. The van der Waals surface area contributed by atoms with E-state index in [1.165, 1.54) is 0 Å². The molecule has 7 heteroatoms. The van der Waals surface area contributed by atoms with Gasteiger partial charge in [-0.3, -0.25) is 20.2 Å². The van der Waals surface area contributed by atoms with E-state index in [-0.39, 0.29) is 5.56 Å². The highest BCUT2D eigenvalue weighted by Gasteiger charge is 2.26. The molecule has 0 aliphatic carbocycles. The fourth-order valence-electron chi connectivity index (χ4n) is 1.31. The van der Waals surface area contributed by atoms with Crippen molar-refractivity contribution >= 4 is 11.4 Å². The molecule has 0 amide bonds. The lowest BCUT2D eigenvalue weighted by Gasteiger charge is -2.01. The largest absolute Gasteiger partial charge is 0.347 e. The minimum absolute atomic E-state index is 0.0970. The highest BCUT2D eigenvalue weighted by Crippen LogP contribution is 2.30. The first kappa shape index (κ1) is 11.6. The zero-order valence-electron chi connectivity index (χ0n) is 8.34. The fourth-order valence-corrected chi connectivity index (χ4v) is 1.31. The van der Waals surface area contributed by atoms with Crippen molar-refractivity contribution in [2.75, 3.05) is 0 Å². The van der Waals surface area contributed by atoms with E-state index < -0.39 is 21.2 Å². The number of hydrogen-bond acceptors (Lipinski definition) is 5. The van der Waals surface area contributed by atoms with Crippen LogP contribution in [0.2, 0.25) is 0 Å². The lowest BCUT2D eigenvalue weighted by Crippen LogP contribution is -2.00. The van der Waals surface area contributed by atoms with Gasteiger partial charge in [0.05, 0.1) is 21.5 Å². The van der Waals surface area contributed by atoms with Crippen LogP contribution in [0.3, 0.4) is 0 Å². The van der Waals surface area contributed by atoms with Gasteiger partial charge in [-0.1, -0.05) is 6.92 Å². The van der Waals surface area contributed by atoms with Gasteiger partial charge in [-0.25, -0.2) is 0 Å². The number of aryl methyl sites for hydroxylation is 1. The van der Waals surface area contributed by atoms with Gasteiger partial charge in [-0.05, 0) is 12.0 Å². The first-order valence-corrected chi connectivity index (χ1v) is 4.37. The predicted molar refractivity (Wildman–Crippen MR) is 53.8 cm³/mol. The second kappa shape index (κ2) is 4.35. The molecule has 82 valence electrons. The minimum atomic E-state index is -0.863. The van der Waals surface area contributed by atoms with E-state index in [9.17, 15) is 20.2 Å². The minimum Gasteiger partial charge on any atom is -0.258 e. The van der Waals surface area contributed by atoms with E-state index in [4.69, 9.17) is 5.26 Å². The number of nitrogens with zero attached hydrogens (tertiary/aromatic N) is 3. The van der Waals surface area contributed by atoms with Gasteiger partial charge in [0.15, 0.2) is 0 Å². The average Bonchev–Trinajstić information content (AvgIpc) is 2.26. The molecule has 0 fully saturated rings. The van der Waals surface area contributed by atoms with Crippen LogP contribution in [0.4, 0.5) is 11.4 Å². The summed E-state index contributed by atoms with van der Waals surface area (Å²) in [5, 5.41) is 29.9. The van der Waals surface area contributed by atoms with Gasteiger partial charge < -0.3 is 0 Å². The van der Waals surface area contributed by atoms with Gasteiger partial charge in [0.1, 0.15) is 0 Å². The summed E-state index contributed by atoms with van der Waals surface area (Å²) in [6.07, 6.45) is 0.404. The topological polar surface area (TPSA) is 110 Å². The Labute approximate surface area is 90.2 Å². The molecule has 0 aromatic heterocycles. The highest BCUT2D eigenvalue weighted by atomic mass is 16.6. The van der Waals surface area contributed by atoms with Crippen molar-refractivity contribution < 1.29 is 9.85 Å². The highest BCUT2D eigenvalue weighted by molar-refractivity contribution is 5.59. The summed E-state index contributed by atoms with van der Waals surface area (Å²) in [7, 11) is 0. The summed E-state index contributed by atoms with van der Waals surface area (Å²) in [5.41, 5.74) is -0.709. The molecule has 0 spiro atoms. The van der Waals surface area contributed by atoms with Crippen LogP contribution in [-0.2, 0) is 6.42 Å². The summed E-state index contributed by atoms with van der Waals surface area (Å²) in [6.45, 7) is 1.71. The first-order chi connectivity index (χ1) is 7.51. The van der Waals surface area contributed by atoms with Gasteiger partial charge in [0, 0.05) is 12.1 Å². The smallest absolute Gasteiger partial charge is 0.258 e. The molecule has 0 radical (unpaired) electrons. The van der Waals surface area contributed by atoms with Crippen LogP contribution in [0.5, 0.6) is 0 Å². The molecular formula is C9H7N3O4. The maximum Gasteiger partial charge on any atom is 0.347 e. The third kappa shape index (κ3) is 1.95. The second-order valence-electron chi connectivity index (χ2n) is 2.98. The Morgan fingerprint density at radius 1 is 1.25 bits per heavy atom. The average molecular weight is 221 g/mol. The monoisotopic (exact) mass is 221 g/mol. The van der Waals surface area contributed by atoms with Crippen molar-refractivity contribution in [2.24, 2.45) is 0 Å². The van der Waals surface area contributed by atoms with Crippen molar-refractivity contribution in [1.82, 2.24) is 0 Å². The molecular weight excluding hydrogens is 214 g/mol. The van der Waals surface area contributed by atoms with Crippen molar-refractivity contribution in [3.05, 3.63) is 43.5 Å². The van der Waals surface area contributed by atoms with E-state index in [1.807, 2.05) is 0 Å². The molecule has 1 aromatic rings. The summed E-state index contributed by atoms with van der Waals surface area (Å²) in [4.78, 5) is 19.5. The number of nitriles is 1. The van der Waals surface area contributed by atoms with Crippen LogP contribution in [0, 0.1) is 31.6 Å². The fraction of sp³-hybridized carbons (Fsp3) is 0.222. The van der Waals surface area contributed by atoms with Crippen LogP contribution in [0.15, 0.2) is 12.1 Å². The first-order valence-electron chi connectivity index (χ1n) is 4.37. The van der Waals surface area contributed by atoms with Crippen molar-refractivity contribution in [3.63, 3.8) is 0 Å². The van der Waals surface area contributed by atoms with Crippen LogP contribution < -0.4 is 0 Å². The predicted octanol–water partition coefficient (Wildman–Crippen LogP) is 1.94. The lowest BCUT2D eigenvalue weighted by molar-refractivity contribution is -0.422. The van der Waals surface area contributed by atoms with E-state index in [1.54, 1.807) is 13.0 Å². The Balaban J connectivity index is 3.55. The number of benzene rings is 1. The molecule has 0 heterocycles. The normalized spacial score (nSPS) is 9.50. The van der Waals surface area contributed by atoms with Gasteiger partial charge in [0.25, 0.3) is 0 Å². The Morgan fingerprint density at radius 3 is 2.12 bits per heavy atom. The van der Waals surface area contributed by atoms with Gasteiger partial charge in [-0.2, -0.15) is 5.26 Å². The lowest BCUT2D eigenvalue weighted by atomic mass is 10.0. The van der Waals surface area contributed by atoms with Crippen LogP contribution >= 0.6 is 0 Å². The molecule has 16 heavy (non-hydrogen) atoms. The van der Waals surface area contributed by atoms with E-state index >= 15 is 0 Å². The van der Waals surface area contributed by atoms with Crippen molar-refractivity contribution in [2.45, 2.75) is 13.3 Å². The molecule has 0 aliphatic heterocycles. The van der Waals surface area contributed by atoms with Gasteiger partial charge >= 0.3 is 11.4 Å². The molecule has 0 saturated carbocycles. The second-order valence-corrected chi connectivity index (χ2v) is 2.98. The van der Waals surface area contributed by atoms with Crippen molar-refractivity contribution in [3.8, 4) is 6.07 Å². The molecule has 1 rings (SSSR count). The Kier molecular flexibility index (Phi) is 3.15. The molecule has 1 aromatic carbocycles. The maximum absolute atomic E-state index is 10.6. The van der Waals surface area contributed by atoms with Crippen LogP contribution in [0.25, 0.3) is 0 Å². The zero-order valence-corrected chi connectivity index (χ0v) is 8.34. The Bertz CT molecular complexity index is 504. The Morgan fingerprint density at radius 2 is 1.75 bits per heavy atom. The van der Waals surface area contributed by atoms with Crippen molar-refractivity contribution in [1.29, 1.82) is 5.26 Å². The Hall–Kier alpha value is -2.49. The summed E-state index contributed by atoms with van der Waals surface area (Å²) in [6, 6.07) is 3.80. The van der Waals surface area contributed by atoms with E-state index in [0.29, 0.717) is 12.0 Å². The molecule has 7 nitrogen and oxygen atoms in total. The van der Waals surface area contributed by atoms with E-state index in [2.05, 4.69) is 0 Å². The number of nitro benzene ring substituents is 2. The van der Waals surface area contributed by atoms with Crippen LogP contribution in [0.1, 0.15) is 18.1 Å². The number of rotatable bonds is 3. The molecule has 0 saturated heterocycles. The van der Waals surface area contributed by atoms with E-state index in [0.717, 1.165) is 12.1 Å². The standard InChI is InChI=1S/C9H7N3O4/c1-2-6-3-8(11(13)14)9(12(15)16)4-7(6)5-10/h3-4H,2H2,1H3.